The zero-order valence-corrected chi connectivity index (χ0v) is 12.1. The van der Waals surface area contributed by atoms with Crippen molar-refractivity contribution in [3.8, 4) is 5.69 Å². The Morgan fingerprint density at radius 3 is 2.60 bits per heavy atom. The first-order chi connectivity index (χ1) is 9.50. The molecule has 6 nitrogen and oxygen atoms in total. The number of hydrogen-bond donors (Lipinski definition) is 1. The quantitative estimate of drug-likeness (QED) is 0.770. The summed E-state index contributed by atoms with van der Waals surface area (Å²) in [5.74, 6) is 0.477. The number of anilines is 2. The van der Waals surface area contributed by atoms with Gasteiger partial charge in [-0.1, -0.05) is 12.1 Å². The summed E-state index contributed by atoms with van der Waals surface area (Å²) in [6.45, 7) is 1.94. The van der Waals surface area contributed by atoms with Gasteiger partial charge in [0.2, 0.25) is 5.95 Å². The van der Waals surface area contributed by atoms with Gasteiger partial charge in [-0.3, -0.25) is 4.57 Å². The molecule has 0 saturated heterocycles. The van der Waals surface area contributed by atoms with Gasteiger partial charge in [0.25, 0.3) is 0 Å². The lowest BCUT2D eigenvalue weighted by Crippen LogP contribution is -2.14. The number of benzene rings is 1. The Bertz CT molecular complexity index is 780. The molecule has 2 N–H and O–H groups in total. The number of fused-ring (bicyclic) bond motifs is 1. The normalized spacial score (nSPS) is 11.2. The van der Waals surface area contributed by atoms with E-state index in [1.807, 2.05) is 55.5 Å². The molecule has 0 aliphatic rings. The monoisotopic (exact) mass is 270 g/mol. The second-order valence-corrected chi connectivity index (χ2v) is 5.07. The summed E-state index contributed by atoms with van der Waals surface area (Å²) in [5, 5.41) is 4.42. The molecule has 1 aromatic carbocycles. The molecule has 20 heavy (non-hydrogen) atoms. The minimum atomic E-state index is 0.477. The summed E-state index contributed by atoms with van der Waals surface area (Å²) in [4.78, 5) is 6.51. The van der Waals surface area contributed by atoms with Gasteiger partial charge in [-0.2, -0.15) is 5.10 Å². The predicted octanol–water partition coefficient (Wildman–Crippen LogP) is 1.72. The number of aromatic nitrogens is 4. The van der Waals surface area contributed by atoms with Crippen LogP contribution in [0.5, 0.6) is 0 Å². The van der Waals surface area contributed by atoms with Gasteiger partial charge in [-0.25, -0.2) is 9.67 Å². The molecular formula is C14H18N6. The number of rotatable bonds is 2. The number of nitrogen functional groups attached to an aromatic ring is 1. The third kappa shape index (κ3) is 1.65. The van der Waals surface area contributed by atoms with E-state index in [2.05, 4.69) is 21.0 Å². The third-order valence-corrected chi connectivity index (χ3v) is 3.43. The maximum absolute atomic E-state index is 6.13. The minimum Gasteiger partial charge on any atom is -0.376 e. The van der Waals surface area contributed by atoms with Crippen molar-refractivity contribution in [2.24, 2.45) is 7.05 Å². The van der Waals surface area contributed by atoms with Crippen LogP contribution in [0, 0.1) is 6.92 Å². The van der Waals surface area contributed by atoms with Crippen LogP contribution in [0.2, 0.25) is 0 Å². The lowest BCUT2D eigenvalue weighted by atomic mass is 10.2. The molecule has 0 saturated carbocycles. The van der Waals surface area contributed by atoms with E-state index in [0.29, 0.717) is 5.95 Å². The van der Waals surface area contributed by atoms with Gasteiger partial charge in [0, 0.05) is 21.1 Å². The summed E-state index contributed by atoms with van der Waals surface area (Å²) in [5.41, 5.74) is 10.9. The van der Waals surface area contributed by atoms with Crippen LogP contribution in [0.25, 0.3) is 16.9 Å². The van der Waals surface area contributed by atoms with Crippen molar-refractivity contribution in [1.82, 2.24) is 19.3 Å². The number of para-hydroxylation sites is 2. The van der Waals surface area contributed by atoms with E-state index in [1.165, 1.54) is 0 Å². The molecule has 3 aromatic rings. The molecule has 0 radical (unpaired) electrons. The maximum Gasteiger partial charge on any atom is 0.207 e. The maximum atomic E-state index is 6.13. The summed E-state index contributed by atoms with van der Waals surface area (Å²) in [7, 11) is 5.93. The van der Waals surface area contributed by atoms with Crippen LogP contribution in [-0.4, -0.2) is 33.4 Å². The number of imidazole rings is 1. The lowest BCUT2D eigenvalue weighted by molar-refractivity contribution is 0.762. The molecule has 0 spiro atoms. The zero-order chi connectivity index (χ0) is 14.4. The minimum absolute atomic E-state index is 0.477. The number of nitrogens with two attached hydrogens (primary N) is 1. The zero-order valence-electron chi connectivity index (χ0n) is 12.1. The number of aryl methyl sites for hydroxylation is 2. The Morgan fingerprint density at radius 2 is 1.90 bits per heavy atom. The molecule has 0 unspecified atom stereocenters. The van der Waals surface area contributed by atoms with Crippen molar-refractivity contribution in [3.05, 3.63) is 30.0 Å². The highest BCUT2D eigenvalue weighted by Crippen LogP contribution is 2.30. The van der Waals surface area contributed by atoms with Crippen LogP contribution in [0.4, 0.5) is 11.6 Å². The van der Waals surface area contributed by atoms with Gasteiger partial charge in [0.1, 0.15) is 5.52 Å². The van der Waals surface area contributed by atoms with Crippen LogP contribution >= 0.6 is 0 Å². The van der Waals surface area contributed by atoms with Crippen LogP contribution in [-0.2, 0) is 7.05 Å². The Hall–Kier alpha value is -2.50. The Morgan fingerprint density at radius 1 is 1.20 bits per heavy atom. The summed E-state index contributed by atoms with van der Waals surface area (Å²) in [6, 6.07) is 8.10. The molecule has 0 bridgehead atoms. The van der Waals surface area contributed by atoms with E-state index in [4.69, 9.17) is 5.73 Å². The van der Waals surface area contributed by atoms with Gasteiger partial charge in [-0.15, -0.1) is 0 Å². The highest BCUT2D eigenvalue weighted by molar-refractivity contribution is 5.82. The van der Waals surface area contributed by atoms with E-state index in [0.717, 1.165) is 28.2 Å². The topological polar surface area (TPSA) is 64.9 Å². The van der Waals surface area contributed by atoms with Gasteiger partial charge in [0.15, 0.2) is 5.65 Å². The van der Waals surface area contributed by atoms with Gasteiger partial charge < -0.3 is 10.6 Å². The summed E-state index contributed by atoms with van der Waals surface area (Å²) < 4.78 is 3.77. The number of hydrogen-bond acceptors (Lipinski definition) is 4. The largest absolute Gasteiger partial charge is 0.376 e. The molecule has 0 atom stereocenters. The van der Waals surface area contributed by atoms with Crippen molar-refractivity contribution < 1.29 is 0 Å². The highest BCUT2D eigenvalue weighted by atomic mass is 15.4. The molecule has 104 valence electrons. The molecule has 3 rings (SSSR count). The Kier molecular flexibility index (Phi) is 2.67. The fourth-order valence-corrected chi connectivity index (χ4v) is 2.56. The molecule has 0 aliphatic heterocycles. The molecule has 2 heterocycles. The highest BCUT2D eigenvalue weighted by Gasteiger charge is 2.19. The fourth-order valence-electron chi connectivity index (χ4n) is 2.56. The first-order valence-corrected chi connectivity index (χ1v) is 6.45. The van der Waals surface area contributed by atoms with E-state index < -0.39 is 0 Å². The lowest BCUT2D eigenvalue weighted by Gasteiger charge is -2.18. The number of nitrogens with zero attached hydrogens (tertiary/aromatic N) is 5. The Labute approximate surface area is 117 Å². The van der Waals surface area contributed by atoms with Crippen LogP contribution < -0.4 is 10.6 Å². The Balaban J connectivity index is 2.38. The third-order valence-electron chi connectivity index (χ3n) is 3.43. The average molecular weight is 270 g/mol. The predicted molar refractivity (Wildman–Crippen MR) is 81.3 cm³/mol. The summed E-state index contributed by atoms with van der Waals surface area (Å²) in [6.07, 6.45) is 0. The average Bonchev–Trinajstić information content (AvgIpc) is 2.88. The van der Waals surface area contributed by atoms with Gasteiger partial charge in [-0.05, 0) is 19.1 Å². The second kappa shape index (κ2) is 4.26. The summed E-state index contributed by atoms with van der Waals surface area (Å²) >= 11 is 0. The molecular weight excluding hydrogens is 252 g/mol. The van der Waals surface area contributed by atoms with E-state index >= 15 is 0 Å². The van der Waals surface area contributed by atoms with Gasteiger partial charge >= 0.3 is 0 Å². The smallest absolute Gasteiger partial charge is 0.207 e. The van der Waals surface area contributed by atoms with Crippen LogP contribution in [0.3, 0.4) is 0 Å². The molecule has 6 heteroatoms. The fraction of sp³-hybridized carbons (Fsp3) is 0.286. The SMILES string of the molecule is Cc1nn(C)c2c1nc(N)n2-c1ccccc1N(C)C. The first kappa shape index (κ1) is 12.5. The van der Waals surface area contributed by atoms with Crippen molar-refractivity contribution in [2.45, 2.75) is 6.92 Å². The van der Waals surface area contributed by atoms with E-state index in [-0.39, 0.29) is 0 Å². The van der Waals surface area contributed by atoms with E-state index in [1.54, 1.807) is 0 Å². The van der Waals surface area contributed by atoms with Crippen molar-refractivity contribution in [3.63, 3.8) is 0 Å². The van der Waals surface area contributed by atoms with Crippen LogP contribution in [0.15, 0.2) is 24.3 Å². The molecule has 0 aliphatic carbocycles. The van der Waals surface area contributed by atoms with Crippen molar-refractivity contribution in [2.75, 3.05) is 24.7 Å². The van der Waals surface area contributed by atoms with E-state index in [9.17, 15) is 0 Å². The van der Waals surface area contributed by atoms with Crippen molar-refractivity contribution in [1.29, 1.82) is 0 Å². The second-order valence-electron chi connectivity index (χ2n) is 5.07. The van der Waals surface area contributed by atoms with Crippen LogP contribution in [0.1, 0.15) is 5.69 Å². The molecule has 2 aromatic heterocycles. The van der Waals surface area contributed by atoms with Gasteiger partial charge in [0.05, 0.1) is 17.1 Å². The standard InChI is InChI=1S/C14H18N6/c1-9-12-13(19(4)17-9)20(14(15)16-12)11-8-6-5-7-10(11)18(2)3/h5-8H,1-4H3,(H2,15,16). The first-order valence-electron chi connectivity index (χ1n) is 6.45. The van der Waals surface area contributed by atoms with Crippen molar-refractivity contribution >= 4 is 22.8 Å². The molecule has 0 fully saturated rings. The molecule has 0 amide bonds.